The van der Waals surface area contributed by atoms with Crippen molar-refractivity contribution in [2.75, 3.05) is 26.9 Å². The molecule has 1 aromatic rings. The van der Waals surface area contributed by atoms with Gasteiger partial charge in [0.25, 0.3) is 5.24 Å². The van der Waals surface area contributed by atoms with Crippen LogP contribution in [-0.2, 0) is 0 Å². The van der Waals surface area contributed by atoms with Crippen molar-refractivity contribution < 1.29 is 23.7 Å². The molecule has 0 heterocycles. The molecule has 0 amide bonds. The van der Waals surface area contributed by atoms with Crippen LogP contribution in [0.5, 0.6) is 23.0 Å². The first-order valence-corrected chi connectivity index (χ1v) is 9.81. The van der Waals surface area contributed by atoms with E-state index in [2.05, 4.69) is 20.8 Å². The maximum atomic E-state index is 12.0. The maximum absolute atomic E-state index is 12.0. The molecule has 0 N–H and O–H groups in total. The standard InChI is InChI=1S/C20H31ClO5/c1-5-8-11-24-17-15(20(21)22)14-16(23-4)18(25-12-9-6-2)19(17)26-13-10-7-3/h14H,5-13H2,1-4H3. The molecule has 6 heteroatoms. The number of methoxy groups -OCH3 is 1. The van der Waals surface area contributed by atoms with Crippen LogP contribution in [0.3, 0.4) is 0 Å². The molecule has 0 fully saturated rings. The molecule has 0 saturated carbocycles. The van der Waals surface area contributed by atoms with E-state index in [0.717, 1.165) is 38.5 Å². The number of carbonyl (C=O) groups excluding carboxylic acids is 1. The van der Waals surface area contributed by atoms with Gasteiger partial charge in [0, 0.05) is 6.07 Å². The summed E-state index contributed by atoms with van der Waals surface area (Å²) in [5.41, 5.74) is 0.231. The third kappa shape index (κ3) is 6.60. The first-order valence-electron chi connectivity index (χ1n) is 9.43. The van der Waals surface area contributed by atoms with Crippen molar-refractivity contribution >= 4 is 16.8 Å². The highest BCUT2D eigenvalue weighted by atomic mass is 35.5. The maximum Gasteiger partial charge on any atom is 0.256 e. The molecule has 0 aromatic heterocycles. The predicted molar refractivity (Wildman–Crippen MR) is 104 cm³/mol. The summed E-state index contributed by atoms with van der Waals surface area (Å²) >= 11 is 5.79. The van der Waals surface area contributed by atoms with Crippen LogP contribution in [0.15, 0.2) is 6.07 Å². The zero-order chi connectivity index (χ0) is 19.4. The summed E-state index contributed by atoms with van der Waals surface area (Å²) in [6.07, 6.45) is 5.62. The average Bonchev–Trinajstić information content (AvgIpc) is 2.63. The van der Waals surface area contributed by atoms with Crippen molar-refractivity contribution in [2.45, 2.75) is 59.3 Å². The van der Waals surface area contributed by atoms with E-state index in [9.17, 15) is 4.79 Å². The third-order valence-electron chi connectivity index (χ3n) is 3.82. The molecule has 1 aromatic carbocycles. The van der Waals surface area contributed by atoms with Crippen molar-refractivity contribution in [3.8, 4) is 23.0 Å². The highest BCUT2D eigenvalue weighted by Gasteiger charge is 2.26. The van der Waals surface area contributed by atoms with Gasteiger partial charge in [-0.1, -0.05) is 40.0 Å². The molecule has 0 radical (unpaired) electrons. The number of ether oxygens (including phenoxy) is 4. The number of halogens is 1. The average molecular weight is 387 g/mol. The van der Waals surface area contributed by atoms with Gasteiger partial charge in [0.15, 0.2) is 11.5 Å². The zero-order valence-corrected chi connectivity index (χ0v) is 17.1. The zero-order valence-electron chi connectivity index (χ0n) is 16.4. The lowest BCUT2D eigenvalue weighted by Crippen LogP contribution is -2.10. The Morgan fingerprint density at radius 2 is 1.31 bits per heavy atom. The fourth-order valence-corrected chi connectivity index (χ4v) is 2.40. The molecule has 0 spiro atoms. The number of benzene rings is 1. The predicted octanol–water partition coefficient (Wildman–Crippen LogP) is 5.61. The first kappa shape index (κ1) is 22.4. The Morgan fingerprint density at radius 3 is 1.73 bits per heavy atom. The molecule has 1 rings (SSSR count). The van der Waals surface area contributed by atoms with E-state index in [0.29, 0.717) is 42.8 Å². The Bertz CT molecular complexity index is 560. The van der Waals surface area contributed by atoms with Gasteiger partial charge in [-0.05, 0) is 30.9 Å². The highest BCUT2D eigenvalue weighted by molar-refractivity contribution is 6.68. The van der Waals surface area contributed by atoms with Gasteiger partial charge in [0.1, 0.15) is 0 Å². The van der Waals surface area contributed by atoms with Crippen LogP contribution in [0.4, 0.5) is 0 Å². The first-order chi connectivity index (χ1) is 12.6. The third-order valence-corrected chi connectivity index (χ3v) is 4.02. The summed E-state index contributed by atoms with van der Waals surface area (Å²) in [6.45, 7) is 7.74. The van der Waals surface area contributed by atoms with Crippen molar-refractivity contribution in [2.24, 2.45) is 0 Å². The molecule has 5 nitrogen and oxygen atoms in total. The van der Waals surface area contributed by atoms with Crippen LogP contribution >= 0.6 is 11.6 Å². The summed E-state index contributed by atoms with van der Waals surface area (Å²) in [5, 5.41) is -0.616. The number of hydrogen-bond donors (Lipinski definition) is 0. The van der Waals surface area contributed by atoms with Gasteiger partial charge in [-0.15, -0.1) is 0 Å². The van der Waals surface area contributed by atoms with E-state index in [1.807, 2.05) is 0 Å². The van der Waals surface area contributed by atoms with E-state index in [-0.39, 0.29) is 5.56 Å². The monoisotopic (exact) mass is 386 g/mol. The molecule has 148 valence electrons. The molecular weight excluding hydrogens is 356 g/mol. The topological polar surface area (TPSA) is 54.0 Å². The lowest BCUT2D eigenvalue weighted by molar-refractivity contribution is 0.107. The van der Waals surface area contributed by atoms with E-state index < -0.39 is 5.24 Å². The summed E-state index contributed by atoms with van der Waals surface area (Å²) < 4.78 is 23.2. The molecule has 0 saturated heterocycles. The van der Waals surface area contributed by atoms with Gasteiger partial charge in [0.05, 0.1) is 32.5 Å². The van der Waals surface area contributed by atoms with Gasteiger partial charge >= 0.3 is 0 Å². The minimum absolute atomic E-state index is 0.231. The van der Waals surface area contributed by atoms with Gasteiger partial charge in [-0.25, -0.2) is 0 Å². The van der Waals surface area contributed by atoms with E-state index in [1.165, 1.54) is 7.11 Å². The minimum atomic E-state index is -0.616. The molecule has 0 unspecified atom stereocenters. The second-order valence-corrected chi connectivity index (χ2v) is 6.34. The second kappa shape index (κ2) is 12.7. The van der Waals surface area contributed by atoms with Crippen LogP contribution < -0.4 is 18.9 Å². The van der Waals surface area contributed by atoms with Crippen LogP contribution in [0.1, 0.15) is 69.7 Å². The van der Waals surface area contributed by atoms with Gasteiger partial charge in [0.2, 0.25) is 11.5 Å². The van der Waals surface area contributed by atoms with Crippen molar-refractivity contribution in [1.29, 1.82) is 0 Å². The van der Waals surface area contributed by atoms with Crippen LogP contribution in [0.25, 0.3) is 0 Å². The minimum Gasteiger partial charge on any atom is -0.493 e. The van der Waals surface area contributed by atoms with Crippen molar-refractivity contribution in [1.82, 2.24) is 0 Å². The van der Waals surface area contributed by atoms with Crippen LogP contribution in [0, 0.1) is 0 Å². The number of rotatable bonds is 14. The number of unbranched alkanes of at least 4 members (excludes halogenated alkanes) is 3. The van der Waals surface area contributed by atoms with Gasteiger partial charge in [-0.2, -0.15) is 0 Å². The molecule has 26 heavy (non-hydrogen) atoms. The SMILES string of the molecule is CCCCOc1c(OC)cc(C(=O)Cl)c(OCCCC)c1OCCCC. The highest BCUT2D eigenvalue weighted by Crippen LogP contribution is 2.47. The largest absolute Gasteiger partial charge is 0.493 e. The molecule has 0 bridgehead atoms. The van der Waals surface area contributed by atoms with Crippen molar-refractivity contribution in [3.63, 3.8) is 0 Å². The Labute approximate surface area is 161 Å². The quantitative estimate of drug-likeness (QED) is 0.307. The molecule has 0 atom stereocenters. The van der Waals surface area contributed by atoms with Crippen LogP contribution in [-0.4, -0.2) is 32.2 Å². The number of carbonyl (C=O) groups is 1. The Kier molecular flexibility index (Phi) is 10.9. The van der Waals surface area contributed by atoms with Crippen LogP contribution in [0.2, 0.25) is 0 Å². The Hall–Kier alpha value is -1.62. The fraction of sp³-hybridized carbons (Fsp3) is 0.650. The van der Waals surface area contributed by atoms with Gasteiger partial charge in [-0.3, -0.25) is 4.79 Å². The molecular formula is C20H31ClO5. The normalized spacial score (nSPS) is 10.5. The summed E-state index contributed by atoms with van der Waals surface area (Å²) in [7, 11) is 1.53. The Morgan fingerprint density at radius 1 is 0.846 bits per heavy atom. The second-order valence-electron chi connectivity index (χ2n) is 5.99. The summed E-state index contributed by atoms with van der Waals surface area (Å²) in [6, 6.07) is 1.56. The lowest BCUT2D eigenvalue weighted by Gasteiger charge is -2.21. The summed E-state index contributed by atoms with van der Waals surface area (Å²) in [4.78, 5) is 12.0. The van der Waals surface area contributed by atoms with E-state index >= 15 is 0 Å². The molecule has 0 aliphatic rings. The molecule has 0 aliphatic heterocycles. The van der Waals surface area contributed by atoms with E-state index in [4.69, 9.17) is 30.5 Å². The van der Waals surface area contributed by atoms with Crippen molar-refractivity contribution in [3.05, 3.63) is 11.6 Å². The number of hydrogen-bond acceptors (Lipinski definition) is 5. The smallest absolute Gasteiger partial charge is 0.256 e. The fourth-order valence-electron chi connectivity index (χ4n) is 2.26. The summed E-state index contributed by atoms with van der Waals surface area (Å²) in [5.74, 6) is 1.61. The van der Waals surface area contributed by atoms with E-state index in [1.54, 1.807) is 6.07 Å². The van der Waals surface area contributed by atoms with Gasteiger partial charge < -0.3 is 18.9 Å². The Balaban J connectivity index is 3.36. The lowest BCUT2D eigenvalue weighted by atomic mass is 10.1. The molecule has 0 aliphatic carbocycles.